The number of halogens is 2. The molecule has 0 radical (unpaired) electrons. The Morgan fingerprint density at radius 3 is 2.67 bits per heavy atom. The second kappa shape index (κ2) is 5.16. The van der Waals surface area contributed by atoms with Crippen molar-refractivity contribution in [1.29, 1.82) is 0 Å². The zero-order valence-electron chi connectivity index (χ0n) is 10.1. The third-order valence-corrected chi connectivity index (χ3v) is 3.09. The fourth-order valence-corrected chi connectivity index (χ4v) is 2.16. The normalized spacial score (nSPS) is 11.2. The lowest BCUT2D eigenvalue weighted by atomic mass is 10.2. The number of hydrogen-bond acceptors (Lipinski definition) is 3. The third-order valence-electron chi connectivity index (χ3n) is 2.60. The maximum atomic E-state index is 13.9. The summed E-state index contributed by atoms with van der Waals surface area (Å²) in [4.78, 5) is 0. The Hall–Kier alpha value is -1.27. The van der Waals surface area contributed by atoms with Crippen LogP contribution in [0.5, 0.6) is 0 Å². The highest BCUT2D eigenvalue weighted by Gasteiger charge is 2.18. The molecule has 0 spiro atoms. The van der Waals surface area contributed by atoms with E-state index in [1.54, 1.807) is 16.7 Å². The molecule has 0 aliphatic carbocycles. The van der Waals surface area contributed by atoms with E-state index in [9.17, 15) is 9.50 Å². The van der Waals surface area contributed by atoms with E-state index in [0.717, 1.165) is 0 Å². The first-order valence-electron chi connectivity index (χ1n) is 5.54. The van der Waals surface area contributed by atoms with Gasteiger partial charge >= 0.3 is 0 Å². The number of nitrogens with zero attached hydrogens (tertiary/aromatic N) is 3. The lowest BCUT2D eigenvalue weighted by molar-refractivity contribution is 0.262. The average molecular weight is 314 g/mol. The van der Waals surface area contributed by atoms with Crippen molar-refractivity contribution in [2.24, 2.45) is 0 Å². The maximum absolute atomic E-state index is 13.9. The molecule has 2 rings (SSSR count). The van der Waals surface area contributed by atoms with E-state index < -0.39 is 0 Å². The second-order valence-electron chi connectivity index (χ2n) is 4.19. The Morgan fingerprint density at radius 2 is 2.11 bits per heavy atom. The van der Waals surface area contributed by atoms with Crippen molar-refractivity contribution >= 4 is 15.9 Å². The Balaban J connectivity index is 2.60. The van der Waals surface area contributed by atoms with Crippen LogP contribution in [0.15, 0.2) is 22.7 Å². The molecule has 0 aliphatic heterocycles. The van der Waals surface area contributed by atoms with E-state index in [0.29, 0.717) is 21.7 Å². The topological polar surface area (TPSA) is 50.9 Å². The Bertz CT molecular complexity index is 568. The van der Waals surface area contributed by atoms with Crippen LogP contribution >= 0.6 is 15.9 Å². The fraction of sp³-hybridized carbons (Fsp3) is 0.333. The third kappa shape index (κ3) is 2.30. The SMILES string of the molecule is CC(C)n1c(CO)nnc1-c1ccc(Br)cc1F. The number of hydrogen-bond donors (Lipinski definition) is 1. The number of aliphatic hydroxyl groups excluding tert-OH is 1. The van der Waals surface area contributed by atoms with Crippen molar-refractivity contribution in [3.63, 3.8) is 0 Å². The number of rotatable bonds is 3. The maximum Gasteiger partial charge on any atom is 0.167 e. The zero-order chi connectivity index (χ0) is 13.3. The van der Waals surface area contributed by atoms with Crippen LogP contribution in [-0.4, -0.2) is 19.9 Å². The molecule has 0 unspecified atom stereocenters. The first kappa shape index (κ1) is 13.2. The quantitative estimate of drug-likeness (QED) is 0.948. The van der Waals surface area contributed by atoms with Gasteiger partial charge in [0, 0.05) is 10.5 Å². The van der Waals surface area contributed by atoms with Gasteiger partial charge in [0.15, 0.2) is 11.6 Å². The lowest BCUT2D eigenvalue weighted by Gasteiger charge is -2.13. The highest BCUT2D eigenvalue weighted by atomic mass is 79.9. The highest BCUT2D eigenvalue weighted by molar-refractivity contribution is 9.10. The number of aliphatic hydroxyl groups is 1. The largest absolute Gasteiger partial charge is 0.388 e. The molecule has 4 nitrogen and oxygen atoms in total. The van der Waals surface area contributed by atoms with Crippen molar-refractivity contribution < 1.29 is 9.50 Å². The van der Waals surface area contributed by atoms with E-state index in [4.69, 9.17) is 0 Å². The van der Waals surface area contributed by atoms with Crippen LogP contribution in [0.4, 0.5) is 4.39 Å². The van der Waals surface area contributed by atoms with Gasteiger partial charge in [-0.1, -0.05) is 15.9 Å². The molecule has 1 N–H and O–H groups in total. The summed E-state index contributed by atoms with van der Waals surface area (Å²) in [5.41, 5.74) is 0.374. The van der Waals surface area contributed by atoms with Crippen molar-refractivity contribution in [2.45, 2.75) is 26.5 Å². The van der Waals surface area contributed by atoms with Crippen LogP contribution in [0.1, 0.15) is 25.7 Å². The van der Waals surface area contributed by atoms with Crippen LogP contribution in [0.3, 0.4) is 0 Å². The van der Waals surface area contributed by atoms with Gasteiger partial charge in [0.05, 0.1) is 5.56 Å². The van der Waals surface area contributed by atoms with E-state index in [1.165, 1.54) is 6.07 Å². The molecule has 0 fully saturated rings. The monoisotopic (exact) mass is 313 g/mol. The summed E-state index contributed by atoms with van der Waals surface area (Å²) >= 11 is 3.21. The van der Waals surface area contributed by atoms with E-state index in [1.807, 2.05) is 13.8 Å². The van der Waals surface area contributed by atoms with Crippen LogP contribution < -0.4 is 0 Å². The molecule has 0 amide bonds. The summed E-state index contributed by atoms with van der Waals surface area (Å²) in [7, 11) is 0. The van der Waals surface area contributed by atoms with Crippen molar-refractivity contribution in [1.82, 2.24) is 14.8 Å². The zero-order valence-corrected chi connectivity index (χ0v) is 11.6. The van der Waals surface area contributed by atoms with Crippen molar-refractivity contribution in [3.05, 3.63) is 34.3 Å². The van der Waals surface area contributed by atoms with Gasteiger partial charge in [-0.15, -0.1) is 10.2 Å². The summed E-state index contributed by atoms with van der Waals surface area (Å²) in [6, 6.07) is 4.81. The highest BCUT2D eigenvalue weighted by Crippen LogP contribution is 2.27. The minimum absolute atomic E-state index is 0.0418. The molecule has 1 aromatic carbocycles. The predicted octanol–water partition coefficient (Wildman–Crippen LogP) is 2.92. The Labute approximate surface area is 113 Å². The standard InChI is InChI=1S/C12H13BrFN3O/c1-7(2)17-11(6-18)15-16-12(17)9-4-3-8(13)5-10(9)14/h3-5,7,18H,6H2,1-2H3. The molecule has 1 heterocycles. The summed E-state index contributed by atoms with van der Waals surface area (Å²) in [5, 5.41) is 17.1. The van der Waals surface area contributed by atoms with Crippen LogP contribution in [0.2, 0.25) is 0 Å². The molecule has 0 aliphatic rings. The van der Waals surface area contributed by atoms with Crippen molar-refractivity contribution in [3.8, 4) is 11.4 Å². The molecule has 0 saturated heterocycles. The first-order valence-corrected chi connectivity index (χ1v) is 6.34. The van der Waals surface area contributed by atoms with Gasteiger partial charge < -0.3 is 9.67 Å². The number of benzene rings is 1. The summed E-state index contributed by atoms with van der Waals surface area (Å²) in [6.07, 6.45) is 0. The molecule has 18 heavy (non-hydrogen) atoms. The minimum Gasteiger partial charge on any atom is -0.388 e. The molecule has 6 heteroatoms. The molecule has 96 valence electrons. The summed E-state index contributed by atoms with van der Waals surface area (Å²) in [5.74, 6) is 0.490. The van der Waals surface area contributed by atoms with E-state index in [2.05, 4.69) is 26.1 Å². The molecule has 2 aromatic rings. The first-order chi connectivity index (χ1) is 8.54. The van der Waals surface area contributed by atoms with Crippen molar-refractivity contribution in [2.75, 3.05) is 0 Å². The second-order valence-corrected chi connectivity index (χ2v) is 5.10. The van der Waals surface area contributed by atoms with Gasteiger partial charge in [0.25, 0.3) is 0 Å². The van der Waals surface area contributed by atoms with Crippen LogP contribution in [0, 0.1) is 5.82 Å². The molecule has 0 atom stereocenters. The Kier molecular flexibility index (Phi) is 3.77. The summed E-state index contributed by atoms with van der Waals surface area (Å²) < 4.78 is 16.3. The lowest BCUT2D eigenvalue weighted by Crippen LogP contribution is -2.08. The van der Waals surface area contributed by atoms with Crippen LogP contribution in [-0.2, 0) is 6.61 Å². The van der Waals surface area contributed by atoms with E-state index >= 15 is 0 Å². The minimum atomic E-state index is -0.372. The molecular weight excluding hydrogens is 301 g/mol. The van der Waals surface area contributed by atoms with E-state index in [-0.39, 0.29) is 18.5 Å². The number of aromatic nitrogens is 3. The van der Waals surface area contributed by atoms with Gasteiger partial charge in [-0.2, -0.15) is 0 Å². The van der Waals surface area contributed by atoms with Gasteiger partial charge in [-0.05, 0) is 32.0 Å². The van der Waals surface area contributed by atoms with Gasteiger partial charge in [0.1, 0.15) is 12.4 Å². The fourth-order valence-electron chi connectivity index (χ4n) is 1.83. The predicted molar refractivity (Wildman–Crippen MR) is 69.4 cm³/mol. The van der Waals surface area contributed by atoms with Gasteiger partial charge in [-0.3, -0.25) is 0 Å². The molecule has 0 saturated carbocycles. The smallest absolute Gasteiger partial charge is 0.167 e. The van der Waals surface area contributed by atoms with Gasteiger partial charge in [0.2, 0.25) is 0 Å². The molecular formula is C12H13BrFN3O. The Morgan fingerprint density at radius 1 is 1.39 bits per heavy atom. The van der Waals surface area contributed by atoms with Gasteiger partial charge in [-0.25, -0.2) is 4.39 Å². The molecule has 0 bridgehead atoms. The molecule has 1 aromatic heterocycles. The average Bonchev–Trinajstić information content (AvgIpc) is 2.72. The summed E-state index contributed by atoms with van der Waals surface area (Å²) in [6.45, 7) is 3.65. The van der Waals surface area contributed by atoms with Crippen LogP contribution in [0.25, 0.3) is 11.4 Å².